The number of carbonyl (C=O) groups excluding carboxylic acids is 1. The number of carbonyl (C=O) groups is 1. The fourth-order valence-corrected chi connectivity index (χ4v) is 3.95. The van der Waals surface area contributed by atoms with Crippen LogP contribution in [0.2, 0.25) is 0 Å². The Morgan fingerprint density at radius 3 is 2.85 bits per heavy atom. The Bertz CT molecular complexity index is 1360. The molecule has 5 rings (SSSR count). The van der Waals surface area contributed by atoms with E-state index in [0.29, 0.717) is 17.1 Å². The smallest absolute Gasteiger partial charge is 0.381 e. The number of rotatable bonds is 6. The molecule has 0 aromatic carbocycles. The highest BCUT2D eigenvalue weighted by Crippen LogP contribution is 2.30. The molecule has 0 spiro atoms. The maximum absolute atomic E-state index is 12.9. The SMILES string of the molecule is COC1CC(Nc2ncc3c(-c4ccn5ncc(C(=O)N[C@H](C)C(F)(F)F)c5c4)c[nH]c3n2)C1. The van der Waals surface area contributed by atoms with Crippen molar-refractivity contribution >= 4 is 28.4 Å². The van der Waals surface area contributed by atoms with Gasteiger partial charge in [-0.25, -0.2) is 9.50 Å². The van der Waals surface area contributed by atoms with E-state index in [1.807, 2.05) is 5.32 Å². The van der Waals surface area contributed by atoms with Gasteiger partial charge in [-0.15, -0.1) is 0 Å². The van der Waals surface area contributed by atoms with Gasteiger partial charge in [0, 0.05) is 42.7 Å². The monoisotopic (exact) mass is 473 g/mol. The van der Waals surface area contributed by atoms with Crippen molar-refractivity contribution in [3.05, 3.63) is 42.5 Å². The third-order valence-corrected chi connectivity index (χ3v) is 6.11. The molecule has 4 aromatic rings. The molecule has 0 radical (unpaired) electrons. The summed E-state index contributed by atoms with van der Waals surface area (Å²) in [5, 5.41) is 10.1. The standard InChI is InChI=1S/C22H22F3N7O2/c1-11(22(23,24)25)29-20(33)17-10-28-32-4-3-12(5-18(17)32)15-8-26-19-16(15)9-27-21(31-19)30-13-6-14(7-13)34-2/h3-5,8-11,13-14H,6-7H2,1-2H3,(H,29,33)(H2,26,27,30,31)/t11-,13?,14?/m1/s1. The minimum atomic E-state index is -4.54. The van der Waals surface area contributed by atoms with Crippen LogP contribution in [0.1, 0.15) is 30.1 Å². The molecule has 12 heteroatoms. The van der Waals surface area contributed by atoms with E-state index in [0.717, 1.165) is 36.3 Å². The van der Waals surface area contributed by atoms with Crippen LogP contribution >= 0.6 is 0 Å². The number of aromatic amines is 1. The topological polar surface area (TPSA) is 109 Å². The molecule has 1 atom stereocenters. The molecule has 0 unspecified atom stereocenters. The summed E-state index contributed by atoms with van der Waals surface area (Å²) in [6.07, 6.45) is 3.92. The predicted octanol–water partition coefficient (Wildman–Crippen LogP) is 3.54. The number of anilines is 1. The number of pyridine rings is 1. The van der Waals surface area contributed by atoms with Gasteiger partial charge in [-0.05, 0) is 37.5 Å². The summed E-state index contributed by atoms with van der Waals surface area (Å²) >= 11 is 0. The Kier molecular flexibility index (Phi) is 5.39. The van der Waals surface area contributed by atoms with Gasteiger partial charge in [0.15, 0.2) is 0 Å². The van der Waals surface area contributed by atoms with Crippen molar-refractivity contribution in [3.8, 4) is 11.1 Å². The molecular formula is C22H22F3N7O2. The number of aromatic nitrogens is 5. The van der Waals surface area contributed by atoms with E-state index in [9.17, 15) is 18.0 Å². The number of halogens is 3. The van der Waals surface area contributed by atoms with E-state index in [1.165, 1.54) is 10.7 Å². The fraction of sp³-hybridized carbons (Fsp3) is 0.364. The average molecular weight is 473 g/mol. The van der Waals surface area contributed by atoms with Crippen molar-refractivity contribution in [3.63, 3.8) is 0 Å². The molecule has 3 N–H and O–H groups in total. The molecule has 1 aliphatic rings. The summed E-state index contributed by atoms with van der Waals surface area (Å²) in [6, 6.07) is 1.79. The third-order valence-electron chi connectivity index (χ3n) is 6.11. The zero-order valence-corrected chi connectivity index (χ0v) is 18.3. The van der Waals surface area contributed by atoms with Gasteiger partial charge in [-0.3, -0.25) is 4.79 Å². The summed E-state index contributed by atoms with van der Waals surface area (Å²) in [7, 11) is 1.70. The maximum atomic E-state index is 12.9. The highest BCUT2D eigenvalue weighted by atomic mass is 19.4. The number of H-pyrrole nitrogens is 1. The molecule has 4 aromatic heterocycles. The number of nitrogens with one attached hydrogen (secondary N) is 3. The van der Waals surface area contributed by atoms with Crippen molar-refractivity contribution in [2.75, 3.05) is 12.4 Å². The highest BCUT2D eigenvalue weighted by molar-refractivity contribution is 6.02. The number of methoxy groups -OCH3 is 1. The van der Waals surface area contributed by atoms with E-state index in [-0.39, 0.29) is 17.7 Å². The molecule has 9 nitrogen and oxygen atoms in total. The van der Waals surface area contributed by atoms with E-state index >= 15 is 0 Å². The Morgan fingerprint density at radius 2 is 2.12 bits per heavy atom. The largest absolute Gasteiger partial charge is 0.408 e. The zero-order valence-electron chi connectivity index (χ0n) is 18.3. The molecule has 0 bridgehead atoms. The number of ether oxygens (including phenoxy) is 1. The molecule has 0 saturated heterocycles. The molecule has 4 heterocycles. The highest BCUT2D eigenvalue weighted by Gasteiger charge is 2.37. The minimum Gasteiger partial charge on any atom is -0.381 e. The number of alkyl halides is 3. The van der Waals surface area contributed by atoms with Crippen LogP contribution in [0.25, 0.3) is 27.7 Å². The van der Waals surface area contributed by atoms with Crippen LogP contribution in [0, 0.1) is 0 Å². The van der Waals surface area contributed by atoms with Gasteiger partial charge in [0.1, 0.15) is 11.7 Å². The van der Waals surface area contributed by atoms with E-state index in [4.69, 9.17) is 4.74 Å². The van der Waals surface area contributed by atoms with Crippen LogP contribution in [0.3, 0.4) is 0 Å². The summed E-state index contributed by atoms with van der Waals surface area (Å²) in [5.41, 5.74) is 2.61. The fourth-order valence-electron chi connectivity index (χ4n) is 3.95. The molecule has 0 aliphatic heterocycles. The Morgan fingerprint density at radius 1 is 1.32 bits per heavy atom. The number of hydrogen-bond donors (Lipinski definition) is 3. The lowest BCUT2D eigenvalue weighted by Crippen LogP contribution is -2.43. The summed E-state index contributed by atoms with van der Waals surface area (Å²) < 4.78 is 45.3. The molecule has 1 saturated carbocycles. The van der Waals surface area contributed by atoms with Crippen LogP contribution in [-0.4, -0.2) is 61.9 Å². The van der Waals surface area contributed by atoms with Gasteiger partial charge in [-0.1, -0.05) is 0 Å². The lowest BCUT2D eigenvalue weighted by molar-refractivity contribution is -0.149. The van der Waals surface area contributed by atoms with Gasteiger partial charge in [0.05, 0.1) is 23.4 Å². The van der Waals surface area contributed by atoms with Crippen LogP contribution < -0.4 is 10.6 Å². The Hall–Kier alpha value is -3.67. The van der Waals surface area contributed by atoms with E-state index < -0.39 is 18.1 Å². The number of nitrogens with zero attached hydrogens (tertiary/aromatic N) is 4. The lowest BCUT2D eigenvalue weighted by Gasteiger charge is -2.34. The van der Waals surface area contributed by atoms with Crippen LogP contribution in [0.15, 0.2) is 36.9 Å². The maximum Gasteiger partial charge on any atom is 0.408 e. The second-order valence-electron chi connectivity index (χ2n) is 8.37. The quantitative estimate of drug-likeness (QED) is 0.395. The minimum absolute atomic E-state index is 0.0513. The van der Waals surface area contributed by atoms with E-state index in [1.54, 1.807) is 37.8 Å². The lowest BCUT2D eigenvalue weighted by atomic mass is 9.89. The van der Waals surface area contributed by atoms with Crippen LogP contribution in [-0.2, 0) is 4.74 Å². The van der Waals surface area contributed by atoms with Crippen molar-refractivity contribution < 1.29 is 22.7 Å². The predicted molar refractivity (Wildman–Crippen MR) is 118 cm³/mol. The van der Waals surface area contributed by atoms with Crippen molar-refractivity contribution in [2.24, 2.45) is 0 Å². The van der Waals surface area contributed by atoms with Crippen molar-refractivity contribution in [1.29, 1.82) is 0 Å². The second kappa shape index (κ2) is 8.28. The molecule has 34 heavy (non-hydrogen) atoms. The summed E-state index contributed by atoms with van der Waals surface area (Å²) in [6.45, 7) is 0.894. The first kappa shape index (κ1) is 22.1. The van der Waals surface area contributed by atoms with Gasteiger partial charge in [0.25, 0.3) is 5.91 Å². The van der Waals surface area contributed by atoms with Gasteiger partial charge in [0.2, 0.25) is 5.95 Å². The summed E-state index contributed by atoms with van der Waals surface area (Å²) in [4.78, 5) is 24.6. The first-order valence-corrected chi connectivity index (χ1v) is 10.7. The first-order valence-electron chi connectivity index (χ1n) is 10.7. The average Bonchev–Trinajstić information content (AvgIpc) is 3.38. The van der Waals surface area contributed by atoms with E-state index in [2.05, 4.69) is 25.4 Å². The Labute approximate surface area is 191 Å². The van der Waals surface area contributed by atoms with Crippen LogP contribution in [0.5, 0.6) is 0 Å². The van der Waals surface area contributed by atoms with Gasteiger partial charge >= 0.3 is 6.18 Å². The zero-order chi connectivity index (χ0) is 24.0. The molecular weight excluding hydrogens is 451 g/mol. The van der Waals surface area contributed by atoms with Crippen molar-refractivity contribution in [2.45, 2.75) is 44.1 Å². The molecule has 1 aliphatic carbocycles. The summed E-state index contributed by atoms with van der Waals surface area (Å²) in [5.74, 6) is -0.328. The van der Waals surface area contributed by atoms with Crippen LogP contribution in [0.4, 0.5) is 19.1 Å². The normalized spacial score (nSPS) is 19.2. The number of hydrogen-bond acceptors (Lipinski definition) is 6. The Balaban J connectivity index is 1.41. The van der Waals surface area contributed by atoms with Gasteiger partial charge in [-0.2, -0.15) is 23.3 Å². The number of amides is 1. The first-order chi connectivity index (χ1) is 16.2. The van der Waals surface area contributed by atoms with Crippen molar-refractivity contribution in [1.82, 2.24) is 29.9 Å². The van der Waals surface area contributed by atoms with Gasteiger partial charge < -0.3 is 20.4 Å². The third kappa shape index (κ3) is 4.04. The molecule has 178 valence electrons. The number of fused-ring (bicyclic) bond motifs is 2. The second-order valence-corrected chi connectivity index (χ2v) is 8.37. The molecule has 1 fully saturated rings. The molecule has 1 amide bonds.